The summed E-state index contributed by atoms with van der Waals surface area (Å²) in [6, 6.07) is 9.37. The van der Waals surface area contributed by atoms with Crippen LogP contribution in [0.5, 0.6) is 0 Å². The molecule has 0 N–H and O–H groups in total. The zero-order valence-corrected chi connectivity index (χ0v) is 17.9. The molecule has 1 unspecified atom stereocenters. The minimum absolute atomic E-state index is 0.159. The van der Waals surface area contributed by atoms with Crippen LogP contribution in [0.3, 0.4) is 0 Å². The molecule has 1 fully saturated rings. The quantitative estimate of drug-likeness (QED) is 0.696. The van der Waals surface area contributed by atoms with Crippen LogP contribution in [0.1, 0.15) is 39.2 Å². The maximum Gasteiger partial charge on any atom is 0.410 e. The molecule has 1 heterocycles. The molecule has 1 aromatic rings. The lowest BCUT2D eigenvalue weighted by atomic mass is 10.1. The Morgan fingerprint density at radius 2 is 1.79 bits per heavy atom. The summed E-state index contributed by atoms with van der Waals surface area (Å²) in [5.41, 5.74) is 0.351. The van der Waals surface area contributed by atoms with Crippen molar-refractivity contribution in [3.63, 3.8) is 0 Å². The van der Waals surface area contributed by atoms with Crippen LogP contribution >= 0.6 is 0 Å². The van der Waals surface area contributed by atoms with Crippen LogP contribution < -0.4 is 0 Å². The van der Waals surface area contributed by atoms with Crippen LogP contribution in [-0.2, 0) is 30.6 Å². The Balaban J connectivity index is 1.83. The number of carbonyl (C=O) groups excluding carboxylic acids is 2. The number of piperidine rings is 1. The van der Waals surface area contributed by atoms with Gasteiger partial charge in [0.05, 0.1) is 0 Å². The number of nitrogens with zero attached hydrogens (tertiary/aromatic N) is 2. The second-order valence-electron chi connectivity index (χ2n) is 7.96. The highest BCUT2D eigenvalue weighted by atomic mass is 32.2. The number of likely N-dealkylation sites (tertiary alicyclic amines) is 1. The van der Waals surface area contributed by atoms with Gasteiger partial charge in [-0.3, -0.25) is 4.79 Å². The Kier molecular flexibility index (Phi) is 7.46. The minimum Gasteiger partial charge on any atom is -0.459 e. The molecule has 7 nitrogen and oxygen atoms in total. The van der Waals surface area contributed by atoms with Crippen molar-refractivity contribution in [3.05, 3.63) is 35.9 Å². The highest BCUT2D eigenvalue weighted by Crippen LogP contribution is 2.21. The molecule has 1 aliphatic rings. The third kappa shape index (κ3) is 7.14. The normalized spacial score (nSPS) is 17.5. The summed E-state index contributed by atoms with van der Waals surface area (Å²) in [7, 11) is -2.55. The Hall–Kier alpha value is -2.09. The lowest BCUT2D eigenvalue weighted by Gasteiger charge is -2.33. The third-order valence-electron chi connectivity index (χ3n) is 4.40. The zero-order valence-electron chi connectivity index (χ0n) is 17.1. The molecular weight excluding hydrogens is 380 g/mol. The van der Waals surface area contributed by atoms with E-state index in [1.807, 2.05) is 51.1 Å². The van der Waals surface area contributed by atoms with Gasteiger partial charge in [0.1, 0.15) is 18.8 Å². The lowest BCUT2D eigenvalue weighted by molar-refractivity contribution is -0.143. The van der Waals surface area contributed by atoms with Crippen molar-refractivity contribution in [1.82, 2.24) is 4.90 Å². The number of amides is 1. The van der Waals surface area contributed by atoms with Crippen molar-refractivity contribution in [1.29, 1.82) is 0 Å². The molecule has 1 amide bonds. The molecular formula is C20H30N2O5S. The van der Waals surface area contributed by atoms with E-state index in [4.69, 9.17) is 9.47 Å². The average Bonchev–Trinajstić information content (AvgIpc) is 2.64. The molecule has 0 radical (unpaired) electrons. The molecule has 1 aliphatic heterocycles. The highest BCUT2D eigenvalue weighted by Gasteiger charge is 2.30. The number of rotatable bonds is 5. The van der Waals surface area contributed by atoms with E-state index in [0.717, 1.165) is 5.56 Å². The molecule has 156 valence electrons. The Bertz CT molecular complexity index is 787. The first-order chi connectivity index (χ1) is 13.1. The molecule has 0 aliphatic carbocycles. The number of hydrogen-bond donors (Lipinski definition) is 0. The first-order valence-electron chi connectivity index (χ1n) is 9.41. The SMILES string of the molecule is CC(C)(C)OC(=O)N1CCC(S(C)(=O)=NCC(=O)OCc2ccccc2)CC1. The van der Waals surface area contributed by atoms with E-state index in [9.17, 15) is 13.8 Å². The van der Waals surface area contributed by atoms with Crippen LogP contribution in [0.2, 0.25) is 0 Å². The van der Waals surface area contributed by atoms with Gasteiger partial charge >= 0.3 is 12.1 Å². The van der Waals surface area contributed by atoms with Gasteiger partial charge in [0, 0.05) is 34.3 Å². The number of ether oxygens (including phenoxy) is 2. The average molecular weight is 411 g/mol. The molecule has 1 atom stereocenters. The zero-order chi connectivity index (χ0) is 20.8. The second kappa shape index (κ2) is 9.41. The summed E-state index contributed by atoms with van der Waals surface area (Å²) >= 11 is 0. The van der Waals surface area contributed by atoms with E-state index in [1.165, 1.54) is 0 Å². The topological polar surface area (TPSA) is 85.3 Å². The van der Waals surface area contributed by atoms with Crippen LogP contribution in [0.15, 0.2) is 34.7 Å². The first-order valence-corrected chi connectivity index (χ1v) is 11.4. The van der Waals surface area contributed by atoms with E-state index < -0.39 is 21.3 Å². The van der Waals surface area contributed by atoms with Crippen molar-refractivity contribution in [3.8, 4) is 0 Å². The fourth-order valence-electron chi connectivity index (χ4n) is 2.87. The fourth-order valence-corrected chi connectivity index (χ4v) is 4.53. The molecule has 0 spiro atoms. The second-order valence-corrected chi connectivity index (χ2v) is 10.6. The smallest absolute Gasteiger partial charge is 0.410 e. The Morgan fingerprint density at radius 3 is 2.36 bits per heavy atom. The standard InChI is InChI=1S/C20H30N2O5S/c1-20(2,3)27-19(24)22-12-10-17(11-13-22)28(4,25)21-14-18(23)26-15-16-8-6-5-7-9-16/h5-9,17H,10-15H2,1-4H3. The van der Waals surface area contributed by atoms with Gasteiger partial charge in [-0.15, -0.1) is 0 Å². The molecule has 0 aromatic heterocycles. The summed E-state index contributed by atoms with van der Waals surface area (Å²) in [4.78, 5) is 25.7. The van der Waals surface area contributed by atoms with Crippen molar-refractivity contribution >= 4 is 21.8 Å². The minimum atomic E-state index is -2.55. The largest absolute Gasteiger partial charge is 0.459 e. The van der Waals surface area contributed by atoms with Crippen molar-refractivity contribution in [2.24, 2.45) is 4.36 Å². The van der Waals surface area contributed by atoms with Gasteiger partial charge in [0.2, 0.25) is 0 Å². The van der Waals surface area contributed by atoms with E-state index >= 15 is 0 Å². The molecule has 1 saturated heterocycles. The molecule has 0 saturated carbocycles. The molecule has 28 heavy (non-hydrogen) atoms. The maximum atomic E-state index is 12.9. The van der Waals surface area contributed by atoms with Gasteiger partial charge in [-0.2, -0.15) is 0 Å². The van der Waals surface area contributed by atoms with Crippen molar-refractivity contribution < 1.29 is 23.3 Å². The first kappa shape index (κ1) is 22.2. The van der Waals surface area contributed by atoms with E-state index in [2.05, 4.69) is 4.36 Å². The van der Waals surface area contributed by atoms with E-state index in [-0.39, 0.29) is 24.5 Å². The van der Waals surface area contributed by atoms with Crippen molar-refractivity contribution in [2.45, 2.75) is 51.1 Å². The van der Waals surface area contributed by atoms with Gasteiger partial charge < -0.3 is 14.4 Å². The van der Waals surface area contributed by atoms with E-state index in [0.29, 0.717) is 25.9 Å². The molecule has 1 aromatic carbocycles. The summed E-state index contributed by atoms with van der Waals surface area (Å²) in [5.74, 6) is -0.496. The van der Waals surface area contributed by atoms with Crippen molar-refractivity contribution in [2.75, 3.05) is 25.9 Å². The maximum absolute atomic E-state index is 12.9. The fraction of sp³-hybridized carbons (Fsp3) is 0.600. The van der Waals surface area contributed by atoms with Crippen LogP contribution in [0, 0.1) is 0 Å². The summed E-state index contributed by atoms with van der Waals surface area (Å²) in [5, 5.41) is -0.159. The van der Waals surface area contributed by atoms with Gasteiger partial charge in [0.25, 0.3) is 0 Å². The number of carbonyl (C=O) groups is 2. The summed E-state index contributed by atoms with van der Waals surface area (Å²) in [6.45, 7) is 6.37. The predicted molar refractivity (Wildman–Crippen MR) is 108 cm³/mol. The van der Waals surface area contributed by atoms with Crippen LogP contribution in [0.4, 0.5) is 4.79 Å². The molecule has 0 bridgehead atoms. The highest BCUT2D eigenvalue weighted by molar-refractivity contribution is 7.93. The Morgan fingerprint density at radius 1 is 1.18 bits per heavy atom. The van der Waals surface area contributed by atoms with Crippen LogP contribution in [0.25, 0.3) is 0 Å². The summed E-state index contributed by atoms with van der Waals surface area (Å²) < 4.78 is 27.6. The predicted octanol–water partition coefficient (Wildman–Crippen LogP) is 3.23. The molecule has 8 heteroatoms. The number of hydrogen-bond acceptors (Lipinski definition) is 6. The lowest BCUT2D eigenvalue weighted by Crippen LogP contribution is -2.44. The number of benzene rings is 1. The Labute approximate surface area is 167 Å². The van der Waals surface area contributed by atoms with E-state index in [1.54, 1.807) is 11.2 Å². The van der Waals surface area contributed by atoms with Gasteiger partial charge in [0.15, 0.2) is 0 Å². The summed E-state index contributed by atoms with van der Waals surface area (Å²) in [6.07, 6.45) is 2.36. The van der Waals surface area contributed by atoms with Gasteiger partial charge in [-0.1, -0.05) is 30.3 Å². The number of esters is 1. The third-order valence-corrected chi connectivity index (χ3v) is 6.75. The van der Waals surface area contributed by atoms with Crippen LogP contribution in [-0.4, -0.2) is 57.9 Å². The van der Waals surface area contributed by atoms with Gasteiger partial charge in [-0.25, -0.2) is 13.4 Å². The van der Waals surface area contributed by atoms with Gasteiger partial charge in [-0.05, 0) is 39.2 Å². The molecule has 2 rings (SSSR count). The monoisotopic (exact) mass is 410 g/mol.